The Morgan fingerprint density at radius 1 is 1.28 bits per heavy atom. The molecule has 29 heavy (non-hydrogen) atoms. The molecule has 2 aromatic heterocycles. The number of furan rings is 1. The third-order valence-corrected chi connectivity index (χ3v) is 5.66. The minimum Gasteiger partial charge on any atom is -0.493 e. The van der Waals surface area contributed by atoms with Crippen LogP contribution in [0.3, 0.4) is 0 Å². The van der Waals surface area contributed by atoms with E-state index in [1.165, 1.54) is 0 Å². The fraction of sp³-hybridized carbons (Fsp3) is 0.217. The molecule has 1 amide bonds. The van der Waals surface area contributed by atoms with Crippen LogP contribution in [0.4, 0.5) is 5.69 Å². The highest BCUT2D eigenvalue weighted by Crippen LogP contribution is 2.33. The van der Waals surface area contributed by atoms with E-state index >= 15 is 0 Å². The van der Waals surface area contributed by atoms with E-state index in [2.05, 4.69) is 10.3 Å². The van der Waals surface area contributed by atoms with Gasteiger partial charge in [0.25, 0.3) is 0 Å². The highest BCUT2D eigenvalue weighted by molar-refractivity contribution is 7.18. The molecule has 0 radical (unpaired) electrons. The first kappa shape index (κ1) is 19.2. The lowest BCUT2D eigenvalue weighted by atomic mass is 10.0. The van der Waals surface area contributed by atoms with Gasteiger partial charge in [-0.1, -0.05) is 0 Å². The van der Waals surface area contributed by atoms with Crippen molar-refractivity contribution in [3.63, 3.8) is 0 Å². The average molecular weight is 407 g/mol. The Morgan fingerprint density at radius 2 is 2.10 bits per heavy atom. The van der Waals surface area contributed by atoms with Gasteiger partial charge in [0.05, 0.1) is 28.1 Å². The van der Waals surface area contributed by atoms with Gasteiger partial charge in [0, 0.05) is 28.8 Å². The summed E-state index contributed by atoms with van der Waals surface area (Å²) in [5, 5.41) is 4.95. The molecule has 2 aromatic carbocycles. The summed E-state index contributed by atoms with van der Waals surface area (Å²) in [6.45, 7) is 8.35. The van der Waals surface area contributed by atoms with Gasteiger partial charge < -0.3 is 14.5 Å². The molecule has 5 nitrogen and oxygen atoms in total. The molecule has 1 N–H and O–H groups in total. The molecule has 0 fully saturated rings. The first-order valence-electron chi connectivity index (χ1n) is 9.46. The van der Waals surface area contributed by atoms with Crippen molar-refractivity contribution in [2.24, 2.45) is 0 Å². The smallest absolute Gasteiger partial charge is 0.248 e. The Bertz CT molecular complexity index is 1250. The monoisotopic (exact) mass is 406 g/mol. The van der Waals surface area contributed by atoms with Crippen LogP contribution in [0.25, 0.3) is 26.8 Å². The molecule has 0 saturated heterocycles. The van der Waals surface area contributed by atoms with E-state index in [0.29, 0.717) is 12.4 Å². The maximum absolute atomic E-state index is 12.6. The first-order valence-corrected chi connectivity index (χ1v) is 10.3. The van der Waals surface area contributed by atoms with Gasteiger partial charge in [-0.2, -0.15) is 0 Å². The molecule has 0 atom stereocenters. The number of hydrogen-bond donors (Lipinski definition) is 1. The largest absolute Gasteiger partial charge is 0.493 e. The molecular weight excluding hydrogens is 384 g/mol. The van der Waals surface area contributed by atoms with Gasteiger partial charge in [0.15, 0.2) is 0 Å². The number of amides is 1. The molecule has 6 heteroatoms. The van der Waals surface area contributed by atoms with Crippen LogP contribution in [0.1, 0.15) is 30.0 Å². The second-order valence-corrected chi connectivity index (χ2v) is 8.16. The maximum atomic E-state index is 12.6. The zero-order valence-corrected chi connectivity index (χ0v) is 17.6. The molecule has 0 aliphatic carbocycles. The van der Waals surface area contributed by atoms with Gasteiger partial charge in [-0.15, -0.1) is 11.3 Å². The number of carbonyl (C=O) groups excluding carboxylic acids is 1. The van der Waals surface area contributed by atoms with Gasteiger partial charge >= 0.3 is 0 Å². The molecule has 148 valence electrons. The topological polar surface area (TPSA) is 64.4 Å². The van der Waals surface area contributed by atoms with Crippen LogP contribution < -0.4 is 10.1 Å². The number of hydrogen-bond acceptors (Lipinski definition) is 5. The van der Waals surface area contributed by atoms with Gasteiger partial charge in [0.1, 0.15) is 11.3 Å². The molecule has 0 aliphatic rings. The molecule has 2 heterocycles. The van der Waals surface area contributed by atoms with Crippen LogP contribution in [0.2, 0.25) is 0 Å². The molecule has 0 saturated carbocycles. The van der Waals surface area contributed by atoms with E-state index in [-0.39, 0.29) is 5.91 Å². The SMILES string of the molecule is CCOc1cc2occ(C)c2cc1/C(C)=C/C(=O)Nc1ccc2sc(C)nc2c1. The maximum Gasteiger partial charge on any atom is 0.248 e. The van der Waals surface area contributed by atoms with Crippen molar-refractivity contribution < 1.29 is 13.9 Å². The van der Waals surface area contributed by atoms with Crippen molar-refractivity contribution in [3.8, 4) is 5.75 Å². The van der Waals surface area contributed by atoms with Crippen molar-refractivity contribution in [1.29, 1.82) is 0 Å². The highest BCUT2D eigenvalue weighted by Gasteiger charge is 2.13. The highest BCUT2D eigenvalue weighted by atomic mass is 32.1. The Morgan fingerprint density at radius 3 is 2.90 bits per heavy atom. The zero-order valence-electron chi connectivity index (χ0n) is 16.8. The molecule has 4 aromatic rings. The van der Waals surface area contributed by atoms with E-state index in [4.69, 9.17) is 9.15 Å². The lowest BCUT2D eigenvalue weighted by Gasteiger charge is -2.11. The number of aromatic nitrogens is 1. The lowest BCUT2D eigenvalue weighted by Crippen LogP contribution is -2.08. The predicted octanol–water partition coefficient (Wildman–Crippen LogP) is 6.10. The summed E-state index contributed by atoms with van der Waals surface area (Å²) >= 11 is 1.64. The summed E-state index contributed by atoms with van der Waals surface area (Å²) in [5.74, 6) is 0.510. The Balaban J connectivity index is 1.63. The number of nitrogens with one attached hydrogen (secondary N) is 1. The molecule has 4 rings (SSSR count). The summed E-state index contributed by atoms with van der Waals surface area (Å²) < 4.78 is 12.5. The van der Waals surface area contributed by atoms with Crippen LogP contribution in [-0.2, 0) is 4.79 Å². The van der Waals surface area contributed by atoms with Crippen molar-refractivity contribution >= 4 is 49.7 Å². The number of carbonyl (C=O) groups is 1. The number of benzene rings is 2. The van der Waals surface area contributed by atoms with Crippen LogP contribution in [0.5, 0.6) is 5.75 Å². The average Bonchev–Trinajstić information content (AvgIpc) is 3.22. The Kier molecular flexibility index (Phi) is 5.11. The summed E-state index contributed by atoms with van der Waals surface area (Å²) in [4.78, 5) is 17.1. The predicted molar refractivity (Wildman–Crippen MR) is 119 cm³/mol. The molecule has 0 spiro atoms. The van der Waals surface area contributed by atoms with Crippen LogP contribution in [-0.4, -0.2) is 17.5 Å². The molecular formula is C23H22N2O3S. The minimum absolute atomic E-state index is 0.194. The van der Waals surface area contributed by atoms with E-state index in [9.17, 15) is 4.79 Å². The summed E-state index contributed by atoms with van der Waals surface area (Å²) in [6, 6.07) is 9.67. The van der Waals surface area contributed by atoms with Crippen LogP contribution >= 0.6 is 11.3 Å². The van der Waals surface area contributed by atoms with Crippen molar-refractivity contribution in [2.45, 2.75) is 27.7 Å². The normalized spacial score (nSPS) is 11.9. The van der Waals surface area contributed by atoms with E-state index in [0.717, 1.165) is 48.6 Å². The third kappa shape index (κ3) is 3.89. The van der Waals surface area contributed by atoms with E-state index in [1.54, 1.807) is 23.7 Å². The van der Waals surface area contributed by atoms with Gasteiger partial charge in [0.2, 0.25) is 5.91 Å². The summed E-state index contributed by atoms with van der Waals surface area (Å²) in [7, 11) is 0. The van der Waals surface area contributed by atoms with Crippen molar-refractivity contribution in [2.75, 3.05) is 11.9 Å². The number of ether oxygens (including phenoxy) is 1. The number of aryl methyl sites for hydroxylation is 2. The molecule has 0 bridgehead atoms. The van der Waals surface area contributed by atoms with E-state index < -0.39 is 0 Å². The molecule has 0 aliphatic heterocycles. The lowest BCUT2D eigenvalue weighted by molar-refractivity contribution is -0.111. The van der Waals surface area contributed by atoms with Gasteiger partial charge in [-0.05, 0) is 63.1 Å². The van der Waals surface area contributed by atoms with Crippen molar-refractivity contribution in [3.05, 3.63) is 58.8 Å². The Hall–Kier alpha value is -3.12. The van der Waals surface area contributed by atoms with Crippen molar-refractivity contribution in [1.82, 2.24) is 4.98 Å². The second kappa shape index (κ2) is 7.72. The van der Waals surface area contributed by atoms with Gasteiger partial charge in [-0.25, -0.2) is 4.98 Å². The molecule has 0 unspecified atom stereocenters. The van der Waals surface area contributed by atoms with Gasteiger partial charge in [-0.3, -0.25) is 4.79 Å². The second-order valence-electron chi connectivity index (χ2n) is 6.93. The first-order chi connectivity index (χ1) is 13.9. The number of fused-ring (bicyclic) bond motifs is 2. The number of rotatable bonds is 5. The van der Waals surface area contributed by atoms with Crippen LogP contribution in [0.15, 0.2) is 47.1 Å². The standard InChI is InChI=1S/C23H22N2O3S/c1-5-27-20-11-21-18(14(3)12-28-21)10-17(20)13(2)8-23(26)25-16-6-7-22-19(9-16)24-15(4)29-22/h6-12H,5H2,1-4H3,(H,25,26)/b13-8+. The zero-order chi connectivity index (χ0) is 20.5. The Labute approximate surface area is 173 Å². The third-order valence-electron chi connectivity index (χ3n) is 4.70. The number of nitrogens with zero attached hydrogens (tertiary/aromatic N) is 1. The number of anilines is 1. The fourth-order valence-corrected chi connectivity index (χ4v) is 4.15. The summed E-state index contributed by atoms with van der Waals surface area (Å²) in [6.07, 6.45) is 3.32. The number of allylic oxidation sites excluding steroid dienone is 1. The quantitative estimate of drug-likeness (QED) is 0.407. The minimum atomic E-state index is -0.194. The number of thiazole rings is 1. The van der Waals surface area contributed by atoms with E-state index in [1.807, 2.05) is 58.0 Å². The fourth-order valence-electron chi connectivity index (χ4n) is 3.34. The summed E-state index contributed by atoms with van der Waals surface area (Å²) in [5.41, 5.74) is 5.14. The van der Waals surface area contributed by atoms with Crippen LogP contribution in [0, 0.1) is 13.8 Å².